The molecule has 0 aliphatic carbocycles. The van der Waals surface area contributed by atoms with Gasteiger partial charge in [-0.2, -0.15) is 0 Å². The Balaban J connectivity index is 1.75. The van der Waals surface area contributed by atoms with E-state index in [4.69, 9.17) is 11.6 Å². The predicted octanol–water partition coefficient (Wildman–Crippen LogP) is 3.40. The van der Waals surface area contributed by atoms with Crippen LogP contribution in [0, 0.1) is 0 Å². The fraction of sp³-hybridized carbons (Fsp3) is 0.154. The molecule has 1 aromatic carbocycles. The lowest BCUT2D eigenvalue weighted by molar-refractivity contribution is 0.240. The van der Waals surface area contributed by atoms with Gasteiger partial charge in [0, 0.05) is 16.4 Å². The Morgan fingerprint density at radius 2 is 2.00 bits per heavy atom. The summed E-state index contributed by atoms with van der Waals surface area (Å²) >= 11 is 7.48. The molecule has 2 aromatic rings. The summed E-state index contributed by atoms with van der Waals surface area (Å²) in [6.45, 7) is 1.02. The number of benzene rings is 1. The van der Waals surface area contributed by atoms with E-state index in [1.54, 1.807) is 11.3 Å². The van der Waals surface area contributed by atoms with Crippen molar-refractivity contribution < 1.29 is 4.79 Å². The maximum Gasteiger partial charge on any atom is 0.315 e. The van der Waals surface area contributed by atoms with E-state index < -0.39 is 0 Å². The number of hydrogen-bond donors (Lipinski definition) is 2. The van der Waals surface area contributed by atoms with Crippen LogP contribution in [0.25, 0.3) is 0 Å². The number of halogens is 1. The summed E-state index contributed by atoms with van der Waals surface area (Å²) in [4.78, 5) is 12.7. The second-order valence-corrected chi connectivity index (χ2v) is 5.21. The number of amides is 2. The number of hydrogen-bond acceptors (Lipinski definition) is 2. The highest BCUT2D eigenvalue weighted by atomic mass is 35.5. The molecule has 1 heterocycles. The average molecular weight is 281 g/mol. The molecule has 0 saturated carbocycles. The third kappa shape index (κ3) is 4.05. The lowest BCUT2D eigenvalue weighted by atomic mass is 10.2. The number of carbonyl (C=O) groups excluding carboxylic acids is 1. The summed E-state index contributed by atoms with van der Waals surface area (Å²) in [5.74, 6) is 0. The molecular formula is C13H13ClN2OS. The zero-order valence-corrected chi connectivity index (χ0v) is 11.2. The monoisotopic (exact) mass is 280 g/mol. The van der Waals surface area contributed by atoms with E-state index in [0.717, 1.165) is 10.4 Å². The van der Waals surface area contributed by atoms with Crippen molar-refractivity contribution in [3.05, 3.63) is 57.2 Å². The van der Waals surface area contributed by atoms with Crippen molar-refractivity contribution in [2.24, 2.45) is 0 Å². The van der Waals surface area contributed by atoms with Gasteiger partial charge in [-0.15, -0.1) is 11.3 Å². The van der Waals surface area contributed by atoms with Gasteiger partial charge >= 0.3 is 6.03 Å². The Morgan fingerprint density at radius 1 is 1.17 bits per heavy atom. The molecule has 0 radical (unpaired) electrons. The summed E-state index contributed by atoms with van der Waals surface area (Å²) in [7, 11) is 0. The summed E-state index contributed by atoms with van der Waals surface area (Å²) in [5, 5.41) is 8.24. The fourth-order valence-electron chi connectivity index (χ4n) is 1.47. The molecule has 0 bridgehead atoms. The predicted molar refractivity (Wildman–Crippen MR) is 74.8 cm³/mol. The molecule has 0 aliphatic heterocycles. The van der Waals surface area contributed by atoms with Crippen molar-refractivity contribution in [2.75, 3.05) is 0 Å². The zero-order chi connectivity index (χ0) is 12.8. The van der Waals surface area contributed by atoms with Crippen LogP contribution in [0.3, 0.4) is 0 Å². The van der Waals surface area contributed by atoms with Gasteiger partial charge in [0.2, 0.25) is 0 Å². The van der Waals surface area contributed by atoms with Crippen LogP contribution in [0.2, 0.25) is 5.02 Å². The minimum Gasteiger partial charge on any atom is -0.334 e. The van der Waals surface area contributed by atoms with Gasteiger partial charge in [0.25, 0.3) is 0 Å². The lowest BCUT2D eigenvalue weighted by Gasteiger charge is -2.07. The van der Waals surface area contributed by atoms with E-state index in [-0.39, 0.29) is 6.03 Å². The first kappa shape index (κ1) is 12.9. The summed E-state index contributed by atoms with van der Waals surface area (Å²) in [5.41, 5.74) is 0.980. The third-order valence-electron chi connectivity index (χ3n) is 2.35. The third-order valence-corrected chi connectivity index (χ3v) is 3.46. The van der Waals surface area contributed by atoms with E-state index >= 15 is 0 Å². The highest BCUT2D eigenvalue weighted by Crippen LogP contribution is 2.10. The topological polar surface area (TPSA) is 41.1 Å². The molecule has 1 aromatic heterocycles. The Hall–Kier alpha value is -1.52. The van der Waals surface area contributed by atoms with E-state index in [0.29, 0.717) is 18.1 Å². The number of thiophene rings is 1. The van der Waals surface area contributed by atoms with Crippen LogP contribution in [0.1, 0.15) is 10.4 Å². The van der Waals surface area contributed by atoms with Crippen molar-refractivity contribution in [3.8, 4) is 0 Å². The van der Waals surface area contributed by atoms with Gasteiger partial charge in [0.05, 0.1) is 6.54 Å². The van der Waals surface area contributed by atoms with Crippen LogP contribution >= 0.6 is 22.9 Å². The minimum absolute atomic E-state index is 0.177. The molecule has 2 rings (SSSR count). The van der Waals surface area contributed by atoms with Gasteiger partial charge in [-0.1, -0.05) is 29.8 Å². The van der Waals surface area contributed by atoms with Crippen molar-refractivity contribution in [2.45, 2.75) is 13.1 Å². The van der Waals surface area contributed by atoms with Gasteiger partial charge in [0.15, 0.2) is 0 Å². The SMILES string of the molecule is O=C(NCc1cccc(Cl)c1)NCc1cccs1. The summed E-state index contributed by atoms with van der Waals surface area (Å²) in [6.07, 6.45) is 0. The minimum atomic E-state index is -0.177. The first-order chi connectivity index (χ1) is 8.74. The Kier molecular flexibility index (Phi) is 4.61. The molecule has 0 saturated heterocycles. The lowest BCUT2D eigenvalue weighted by Crippen LogP contribution is -2.34. The van der Waals surface area contributed by atoms with Crippen LogP contribution in [0.15, 0.2) is 41.8 Å². The number of carbonyl (C=O) groups is 1. The first-order valence-corrected chi connectivity index (χ1v) is 6.78. The number of rotatable bonds is 4. The maximum atomic E-state index is 11.5. The van der Waals surface area contributed by atoms with Crippen molar-refractivity contribution in [1.82, 2.24) is 10.6 Å². The fourth-order valence-corrected chi connectivity index (χ4v) is 2.33. The first-order valence-electron chi connectivity index (χ1n) is 5.52. The van der Waals surface area contributed by atoms with Crippen LogP contribution in [-0.4, -0.2) is 6.03 Å². The maximum absolute atomic E-state index is 11.5. The Bertz CT molecular complexity index is 513. The second kappa shape index (κ2) is 6.42. The van der Waals surface area contributed by atoms with Gasteiger partial charge in [-0.05, 0) is 29.1 Å². The smallest absolute Gasteiger partial charge is 0.315 e. The standard InChI is InChI=1S/C13H13ClN2OS/c14-11-4-1-3-10(7-11)8-15-13(17)16-9-12-5-2-6-18-12/h1-7H,8-9H2,(H2,15,16,17). The van der Waals surface area contributed by atoms with Crippen LogP contribution in [0.4, 0.5) is 4.79 Å². The van der Waals surface area contributed by atoms with E-state index in [1.807, 2.05) is 41.8 Å². The van der Waals surface area contributed by atoms with Crippen LogP contribution < -0.4 is 10.6 Å². The molecule has 0 atom stereocenters. The van der Waals surface area contributed by atoms with E-state index in [1.165, 1.54) is 0 Å². The quantitative estimate of drug-likeness (QED) is 0.885. The van der Waals surface area contributed by atoms with Gasteiger partial charge < -0.3 is 10.6 Å². The molecule has 2 amide bonds. The molecule has 2 N–H and O–H groups in total. The van der Waals surface area contributed by atoms with E-state index in [9.17, 15) is 4.79 Å². The highest BCUT2D eigenvalue weighted by Gasteiger charge is 2.01. The normalized spacial score (nSPS) is 10.1. The largest absolute Gasteiger partial charge is 0.334 e. The molecule has 94 valence electrons. The molecule has 0 unspecified atom stereocenters. The Morgan fingerprint density at radius 3 is 2.72 bits per heavy atom. The van der Waals surface area contributed by atoms with E-state index in [2.05, 4.69) is 10.6 Å². The highest BCUT2D eigenvalue weighted by molar-refractivity contribution is 7.09. The molecule has 0 aliphatic rings. The molecule has 18 heavy (non-hydrogen) atoms. The summed E-state index contributed by atoms with van der Waals surface area (Å²) < 4.78 is 0. The molecule has 3 nitrogen and oxygen atoms in total. The van der Waals surface area contributed by atoms with Gasteiger partial charge in [-0.25, -0.2) is 4.79 Å². The average Bonchev–Trinajstić information content (AvgIpc) is 2.87. The second-order valence-electron chi connectivity index (χ2n) is 3.75. The van der Waals surface area contributed by atoms with Gasteiger partial charge in [0.1, 0.15) is 0 Å². The van der Waals surface area contributed by atoms with Crippen molar-refractivity contribution in [3.63, 3.8) is 0 Å². The number of urea groups is 1. The van der Waals surface area contributed by atoms with Crippen molar-refractivity contribution in [1.29, 1.82) is 0 Å². The van der Waals surface area contributed by atoms with Crippen LogP contribution in [0.5, 0.6) is 0 Å². The zero-order valence-electron chi connectivity index (χ0n) is 9.65. The van der Waals surface area contributed by atoms with Gasteiger partial charge in [-0.3, -0.25) is 0 Å². The van der Waals surface area contributed by atoms with Crippen molar-refractivity contribution >= 4 is 29.0 Å². The van der Waals surface area contributed by atoms with Crippen LogP contribution in [-0.2, 0) is 13.1 Å². The molecule has 5 heteroatoms. The molecular weight excluding hydrogens is 268 g/mol. The molecule has 0 fully saturated rings. The Labute approximate surface area is 115 Å². The number of nitrogens with one attached hydrogen (secondary N) is 2. The summed E-state index contributed by atoms with van der Waals surface area (Å²) in [6, 6.07) is 11.2. The molecule has 0 spiro atoms.